The molecule has 0 amide bonds. The second-order valence-corrected chi connectivity index (χ2v) is 3.35. The monoisotopic (exact) mass is 196 g/mol. The highest BCUT2D eigenvalue weighted by Crippen LogP contribution is 2.18. The van der Waals surface area contributed by atoms with Crippen molar-refractivity contribution in [2.24, 2.45) is 0 Å². The van der Waals surface area contributed by atoms with Crippen molar-refractivity contribution >= 4 is 5.97 Å². The van der Waals surface area contributed by atoms with Crippen LogP contribution in [0.15, 0.2) is 0 Å². The smallest absolute Gasteiger partial charge is 0.323 e. The minimum Gasteiger partial charge on any atom is -0.465 e. The van der Waals surface area contributed by atoms with Crippen LogP contribution in [0.2, 0.25) is 0 Å². The van der Waals surface area contributed by atoms with Crippen molar-refractivity contribution in [3.05, 3.63) is 0 Å². The van der Waals surface area contributed by atoms with Crippen LogP contribution in [0.4, 0.5) is 0 Å². The zero-order chi connectivity index (χ0) is 10.4. The van der Waals surface area contributed by atoms with Crippen LogP contribution in [-0.4, -0.2) is 36.6 Å². The zero-order valence-corrected chi connectivity index (χ0v) is 8.53. The van der Waals surface area contributed by atoms with E-state index in [9.17, 15) is 4.79 Å². The molecule has 0 spiro atoms. The van der Waals surface area contributed by atoms with Crippen LogP contribution < -0.4 is 0 Å². The molecule has 0 N–H and O–H groups in total. The average Bonchev–Trinajstić information content (AvgIpc) is 2.63. The first-order valence-corrected chi connectivity index (χ1v) is 5.07. The number of rotatable bonds is 4. The zero-order valence-electron chi connectivity index (χ0n) is 8.53. The highest BCUT2D eigenvalue weighted by Gasteiger charge is 2.30. The molecule has 0 bridgehead atoms. The standard InChI is InChI=1S/C10H16N2O2/c1-2-14-10(13)9-5-3-7-12(9)8-4-6-11/h9H,2-5,7-8H2,1H3. The van der Waals surface area contributed by atoms with Gasteiger partial charge in [0.1, 0.15) is 6.04 Å². The van der Waals surface area contributed by atoms with Crippen LogP contribution >= 0.6 is 0 Å². The normalized spacial score (nSPS) is 21.9. The van der Waals surface area contributed by atoms with Crippen molar-refractivity contribution in [1.82, 2.24) is 4.90 Å². The lowest BCUT2D eigenvalue weighted by molar-refractivity contribution is -0.148. The fraction of sp³-hybridized carbons (Fsp3) is 0.800. The number of esters is 1. The van der Waals surface area contributed by atoms with E-state index in [0.717, 1.165) is 19.4 Å². The number of hydrogen-bond acceptors (Lipinski definition) is 4. The second kappa shape index (κ2) is 5.61. The van der Waals surface area contributed by atoms with E-state index in [-0.39, 0.29) is 12.0 Å². The number of ether oxygens (including phenoxy) is 1. The third-order valence-corrected chi connectivity index (χ3v) is 2.43. The van der Waals surface area contributed by atoms with Crippen LogP contribution in [0.25, 0.3) is 0 Å². The Kier molecular flexibility index (Phi) is 4.41. The maximum atomic E-state index is 11.5. The van der Waals surface area contributed by atoms with Crippen molar-refractivity contribution in [3.63, 3.8) is 0 Å². The van der Waals surface area contributed by atoms with Crippen molar-refractivity contribution in [2.45, 2.75) is 32.2 Å². The number of nitriles is 1. The van der Waals surface area contributed by atoms with Gasteiger partial charge in [0.25, 0.3) is 0 Å². The quantitative estimate of drug-likeness (QED) is 0.627. The van der Waals surface area contributed by atoms with Gasteiger partial charge in [0.15, 0.2) is 0 Å². The number of nitrogens with zero attached hydrogens (tertiary/aromatic N) is 2. The maximum Gasteiger partial charge on any atom is 0.323 e. The summed E-state index contributed by atoms with van der Waals surface area (Å²) in [7, 11) is 0. The van der Waals surface area contributed by atoms with E-state index in [1.165, 1.54) is 0 Å². The summed E-state index contributed by atoms with van der Waals surface area (Å²) >= 11 is 0. The summed E-state index contributed by atoms with van der Waals surface area (Å²) < 4.78 is 4.97. The van der Waals surface area contributed by atoms with Crippen LogP contribution in [0.1, 0.15) is 26.2 Å². The van der Waals surface area contributed by atoms with Gasteiger partial charge in [-0.25, -0.2) is 0 Å². The molecular weight excluding hydrogens is 180 g/mol. The number of hydrogen-bond donors (Lipinski definition) is 0. The van der Waals surface area contributed by atoms with Crippen LogP contribution in [0.5, 0.6) is 0 Å². The van der Waals surface area contributed by atoms with Gasteiger partial charge in [-0.3, -0.25) is 9.69 Å². The second-order valence-electron chi connectivity index (χ2n) is 3.35. The summed E-state index contributed by atoms with van der Waals surface area (Å²) in [6, 6.07) is 1.98. The van der Waals surface area contributed by atoms with Crippen molar-refractivity contribution in [1.29, 1.82) is 5.26 Å². The molecule has 0 saturated carbocycles. The molecular formula is C10H16N2O2. The first-order chi connectivity index (χ1) is 6.79. The summed E-state index contributed by atoms with van der Waals surface area (Å²) in [4.78, 5) is 13.5. The minimum absolute atomic E-state index is 0.108. The first-order valence-electron chi connectivity index (χ1n) is 5.07. The van der Waals surface area contributed by atoms with Gasteiger partial charge in [-0.2, -0.15) is 5.26 Å². The van der Waals surface area contributed by atoms with Gasteiger partial charge < -0.3 is 4.74 Å². The molecule has 14 heavy (non-hydrogen) atoms. The lowest BCUT2D eigenvalue weighted by Crippen LogP contribution is -2.37. The largest absolute Gasteiger partial charge is 0.465 e. The third kappa shape index (κ3) is 2.71. The van der Waals surface area contributed by atoms with E-state index >= 15 is 0 Å². The van der Waals surface area contributed by atoms with Crippen molar-refractivity contribution in [2.75, 3.05) is 19.7 Å². The molecule has 4 heteroatoms. The van der Waals surface area contributed by atoms with Crippen molar-refractivity contribution < 1.29 is 9.53 Å². The topological polar surface area (TPSA) is 53.3 Å². The summed E-state index contributed by atoms with van der Waals surface area (Å²) in [5.41, 5.74) is 0. The SMILES string of the molecule is CCOC(=O)C1CCCN1CCC#N. The molecule has 78 valence electrons. The highest BCUT2D eigenvalue weighted by molar-refractivity contribution is 5.76. The Bertz CT molecular complexity index is 235. The first kappa shape index (κ1) is 11.0. The van der Waals surface area contributed by atoms with E-state index < -0.39 is 0 Å². The van der Waals surface area contributed by atoms with Gasteiger partial charge in [0.2, 0.25) is 0 Å². The molecule has 0 radical (unpaired) electrons. The van der Waals surface area contributed by atoms with Gasteiger partial charge in [0, 0.05) is 13.0 Å². The third-order valence-electron chi connectivity index (χ3n) is 2.43. The molecule has 4 nitrogen and oxygen atoms in total. The lowest BCUT2D eigenvalue weighted by atomic mass is 10.2. The Balaban J connectivity index is 2.42. The molecule has 1 aliphatic heterocycles. The Morgan fingerprint density at radius 1 is 1.71 bits per heavy atom. The van der Waals surface area contributed by atoms with Crippen LogP contribution in [-0.2, 0) is 9.53 Å². The summed E-state index contributed by atoms with van der Waals surface area (Å²) in [6.45, 7) is 3.83. The summed E-state index contributed by atoms with van der Waals surface area (Å²) in [5.74, 6) is -0.136. The Hall–Kier alpha value is -1.08. The molecule has 0 aromatic heterocycles. The Labute approximate surface area is 84.4 Å². The molecule has 0 aliphatic carbocycles. The Morgan fingerprint density at radius 3 is 3.14 bits per heavy atom. The van der Waals surface area contributed by atoms with Gasteiger partial charge in [-0.1, -0.05) is 0 Å². The van der Waals surface area contributed by atoms with Crippen LogP contribution in [0.3, 0.4) is 0 Å². The van der Waals surface area contributed by atoms with Gasteiger partial charge in [0.05, 0.1) is 12.7 Å². The maximum absolute atomic E-state index is 11.5. The molecule has 0 aromatic rings. The molecule has 1 heterocycles. The van der Waals surface area contributed by atoms with Crippen LogP contribution in [0, 0.1) is 11.3 Å². The predicted molar refractivity (Wildman–Crippen MR) is 51.5 cm³/mol. The molecule has 1 fully saturated rings. The fourth-order valence-electron chi connectivity index (χ4n) is 1.79. The number of carbonyl (C=O) groups is 1. The molecule has 1 unspecified atom stereocenters. The molecule has 1 aliphatic rings. The van der Waals surface area contributed by atoms with E-state index in [1.807, 2.05) is 11.8 Å². The summed E-state index contributed by atoms with van der Waals surface area (Å²) in [5, 5.41) is 8.46. The van der Waals surface area contributed by atoms with E-state index in [1.54, 1.807) is 0 Å². The van der Waals surface area contributed by atoms with Gasteiger partial charge >= 0.3 is 5.97 Å². The minimum atomic E-state index is -0.136. The summed E-state index contributed by atoms with van der Waals surface area (Å²) in [6.07, 6.45) is 2.37. The molecule has 1 atom stereocenters. The molecule has 1 rings (SSSR count). The predicted octanol–water partition coefficient (Wildman–Crippen LogP) is 0.928. The van der Waals surface area contributed by atoms with Gasteiger partial charge in [-0.05, 0) is 26.3 Å². The van der Waals surface area contributed by atoms with E-state index in [0.29, 0.717) is 19.6 Å². The van der Waals surface area contributed by atoms with Crippen molar-refractivity contribution in [3.8, 4) is 6.07 Å². The molecule has 1 saturated heterocycles. The number of carbonyl (C=O) groups excluding carboxylic acids is 1. The Morgan fingerprint density at radius 2 is 2.50 bits per heavy atom. The average molecular weight is 196 g/mol. The highest BCUT2D eigenvalue weighted by atomic mass is 16.5. The van der Waals surface area contributed by atoms with Gasteiger partial charge in [-0.15, -0.1) is 0 Å². The lowest BCUT2D eigenvalue weighted by Gasteiger charge is -2.21. The molecule has 0 aromatic carbocycles. The fourth-order valence-corrected chi connectivity index (χ4v) is 1.79. The van der Waals surface area contributed by atoms with E-state index in [4.69, 9.17) is 10.00 Å². The van der Waals surface area contributed by atoms with E-state index in [2.05, 4.69) is 6.07 Å². The number of likely N-dealkylation sites (tertiary alicyclic amines) is 1.